The average Bonchev–Trinajstić information content (AvgIpc) is 2.62. The van der Waals surface area contributed by atoms with Gasteiger partial charge >= 0.3 is 5.97 Å². The first-order valence-electron chi connectivity index (χ1n) is 8.48. The molecule has 2 aliphatic rings. The molecule has 1 aliphatic carbocycles. The van der Waals surface area contributed by atoms with Crippen LogP contribution in [0.15, 0.2) is 23.1 Å². The van der Waals surface area contributed by atoms with Crippen molar-refractivity contribution in [3.05, 3.63) is 23.8 Å². The van der Waals surface area contributed by atoms with E-state index in [9.17, 15) is 14.4 Å². The summed E-state index contributed by atoms with van der Waals surface area (Å²) >= 11 is 1.47. The van der Waals surface area contributed by atoms with Gasteiger partial charge in [0.05, 0.1) is 18.0 Å². The lowest BCUT2D eigenvalue weighted by Crippen LogP contribution is -2.56. The number of thioether (sulfide) groups is 1. The molecule has 1 aromatic rings. The zero-order valence-electron chi connectivity index (χ0n) is 14.4. The Labute approximate surface area is 151 Å². The second-order valence-electron chi connectivity index (χ2n) is 6.55. The maximum Gasteiger partial charge on any atom is 0.331 e. The highest BCUT2D eigenvalue weighted by Crippen LogP contribution is 2.36. The van der Waals surface area contributed by atoms with Gasteiger partial charge in [0.1, 0.15) is 5.54 Å². The van der Waals surface area contributed by atoms with Crippen molar-refractivity contribution in [3.8, 4) is 0 Å². The van der Waals surface area contributed by atoms with E-state index in [0.29, 0.717) is 24.1 Å². The molecule has 1 heterocycles. The maximum atomic E-state index is 12.7. The van der Waals surface area contributed by atoms with Crippen molar-refractivity contribution < 1.29 is 19.1 Å². The molecule has 3 rings (SSSR count). The number of carbonyl (C=O) groups excluding carboxylic acids is 3. The lowest BCUT2D eigenvalue weighted by atomic mass is 9.81. The minimum Gasteiger partial charge on any atom is -0.467 e. The third-order valence-electron chi connectivity index (χ3n) is 4.81. The molecule has 1 fully saturated rings. The van der Waals surface area contributed by atoms with E-state index in [1.165, 1.54) is 18.9 Å². The zero-order valence-corrected chi connectivity index (χ0v) is 15.2. The lowest BCUT2D eigenvalue weighted by Gasteiger charge is -2.35. The lowest BCUT2D eigenvalue weighted by molar-refractivity contribution is -0.149. The highest BCUT2D eigenvalue weighted by atomic mass is 32.2. The molecule has 0 aromatic heterocycles. The average molecular weight is 362 g/mol. The van der Waals surface area contributed by atoms with Crippen LogP contribution in [0.2, 0.25) is 0 Å². The number of benzene rings is 1. The van der Waals surface area contributed by atoms with Crippen LogP contribution in [0.1, 0.15) is 49.4 Å². The summed E-state index contributed by atoms with van der Waals surface area (Å²) in [5.74, 6) is -0.794. The quantitative estimate of drug-likeness (QED) is 0.808. The Kier molecular flexibility index (Phi) is 5.03. The standard InChI is InChI=1S/C18H22N2O4S/c1-11-15(21)19-13-10-12(6-7-14(13)25-11)16(22)20-18(17(23)24-2)8-4-3-5-9-18/h6-7,10-11H,3-5,8-9H2,1-2H3,(H,19,21)(H,20,22). The Balaban J connectivity index is 1.82. The van der Waals surface area contributed by atoms with Gasteiger partial charge in [-0.15, -0.1) is 11.8 Å². The molecule has 2 amide bonds. The number of ether oxygens (including phenoxy) is 1. The second-order valence-corrected chi connectivity index (χ2v) is 7.93. The first kappa shape index (κ1) is 17.8. The zero-order chi connectivity index (χ0) is 18.0. The molecule has 7 heteroatoms. The third kappa shape index (κ3) is 3.51. The number of rotatable bonds is 3. The van der Waals surface area contributed by atoms with E-state index in [1.807, 2.05) is 13.0 Å². The molecule has 1 aromatic carbocycles. The highest BCUT2D eigenvalue weighted by Gasteiger charge is 2.42. The van der Waals surface area contributed by atoms with Crippen molar-refractivity contribution in [2.45, 2.75) is 54.7 Å². The molecule has 1 aliphatic heterocycles. The number of methoxy groups -OCH3 is 1. The Morgan fingerprint density at radius 2 is 2.00 bits per heavy atom. The summed E-state index contributed by atoms with van der Waals surface area (Å²) in [6.07, 6.45) is 3.98. The van der Waals surface area contributed by atoms with Gasteiger partial charge < -0.3 is 15.4 Å². The largest absolute Gasteiger partial charge is 0.467 e. The van der Waals surface area contributed by atoms with Crippen LogP contribution < -0.4 is 10.6 Å². The molecule has 1 atom stereocenters. The first-order valence-corrected chi connectivity index (χ1v) is 9.36. The van der Waals surface area contributed by atoms with Gasteiger partial charge in [-0.1, -0.05) is 19.3 Å². The topological polar surface area (TPSA) is 84.5 Å². The van der Waals surface area contributed by atoms with E-state index in [0.717, 1.165) is 24.2 Å². The van der Waals surface area contributed by atoms with Gasteiger partial charge in [-0.3, -0.25) is 9.59 Å². The summed E-state index contributed by atoms with van der Waals surface area (Å²) in [7, 11) is 1.34. The number of anilines is 1. The summed E-state index contributed by atoms with van der Waals surface area (Å²) in [6.45, 7) is 1.84. The van der Waals surface area contributed by atoms with Crippen molar-refractivity contribution in [1.82, 2.24) is 5.32 Å². The van der Waals surface area contributed by atoms with Gasteiger partial charge in [0.15, 0.2) is 0 Å². The van der Waals surface area contributed by atoms with E-state index in [2.05, 4.69) is 10.6 Å². The minimum atomic E-state index is -0.952. The van der Waals surface area contributed by atoms with Gasteiger partial charge in [0, 0.05) is 10.5 Å². The van der Waals surface area contributed by atoms with Gasteiger partial charge in [-0.25, -0.2) is 4.79 Å². The first-order chi connectivity index (χ1) is 11.9. The maximum absolute atomic E-state index is 12.7. The summed E-state index contributed by atoms with van der Waals surface area (Å²) in [5, 5.41) is 5.56. The summed E-state index contributed by atoms with van der Waals surface area (Å²) in [6, 6.07) is 5.21. The number of amides is 2. The Bertz CT molecular complexity index is 713. The molecular weight excluding hydrogens is 340 g/mol. The van der Waals surface area contributed by atoms with Crippen LogP contribution in [0.5, 0.6) is 0 Å². The summed E-state index contributed by atoms with van der Waals surface area (Å²) in [4.78, 5) is 37.8. The van der Waals surface area contributed by atoms with Crippen molar-refractivity contribution >= 4 is 35.2 Å². The number of carbonyl (C=O) groups is 3. The van der Waals surface area contributed by atoms with Gasteiger partial charge in [-0.2, -0.15) is 0 Å². The number of nitrogens with one attached hydrogen (secondary N) is 2. The van der Waals surface area contributed by atoms with Crippen LogP contribution in [0, 0.1) is 0 Å². The predicted molar refractivity (Wildman–Crippen MR) is 95.7 cm³/mol. The van der Waals surface area contributed by atoms with Crippen molar-refractivity contribution in [2.75, 3.05) is 12.4 Å². The molecule has 0 radical (unpaired) electrons. The second kappa shape index (κ2) is 7.07. The number of esters is 1. The normalized spacial score (nSPS) is 21.7. The van der Waals surface area contributed by atoms with E-state index in [-0.39, 0.29) is 17.1 Å². The molecule has 1 saturated carbocycles. The van der Waals surface area contributed by atoms with Crippen LogP contribution in [0.4, 0.5) is 5.69 Å². The van der Waals surface area contributed by atoms with Gasteiger partial charge in [-0.05, 0) is 38.0 Å². The van der Waals surface area contributed by atoms with Gasteiger partial charge in [0.25, 0.3) is 5.91 Å². The monoisotopic (exact) mass is 362 g/mol. The minimum absolute atomic E-state index is 0.0756. The van der Waals surface area contributed by atoms with E-state index in [1.54, 1.807) is 12.1 Å². The van der Waals surface area contributed by atoms with Gasteiger partial charge in [0.2, 0.25) is 5.91 Å². The van der Waals surface area contributed by atoms with Crippen LogP contribution in [0.25, 0.3) is 0 Å². The molecule has 6 nitrogen and oxygen atoms in total. The Morgan fingerprint density at radius 3 is 2.68 bits per heavy atom. The number of hydrogen-bond donors (Lipinski definition) is 2. The van der Waals surface area contributed by atoms with Crippen molar-refractivity contribution in [2.24, 2.45) is 0 Å². The summed E-state index contributed by atoms with van der Waals surface area (Å²) in [5.41, 5.74) is 0.103. The van der Waals surface area contributed by atoms with Crippen molar-refractivity contribution in [3.63, 3.8) is 0 Å². The van der Waals surface area contributed by atoms with E-state index >= 15 is 0 Å². The smallest absolute Gasteiger partial charge is 0.331 e. The van der Waals surface area contributed by atoms with Crippen molar-refractivity contribution in [1.29, 1.82) is 0 Å². The number of hydrogen-bond acceptors (Lipinski definition) is 5. The SMILES string of the molecule is COC(=O)C1(NC(=O)c2ccc3c(c2)NC(=O)C(C)S3)CCCCC1. The fraction of sp³-hybridized carbons (Fsp3) is 0.500. The number of fused-ring (bicyclic) bond motifs is 1. The Morgan fingerprint density at radius 1 is 1.28 bits per heavy atom. The molecule has 2 N–H and O–H groups in total. The van der Waals surface area contributed by atoms with Crippen LogP contribution in [0.3, 0.4) is 0 Å². The molecule has 1 unspecified atom stereocenters. The van der Waals surface area contributed by atoms with E-state index in [4.69, 9.17) is 4.74 Å². The fourth-order valence-electron chi connectivity index (χ4n) is 3.37. The molecule has 0 bridgehead atoms. The fourth-order valence-corrected chi connectivity index (χ4v) is 4.30. The van der Waals surface area contributed by atoms with Crippen LogP contribution >= 0.6 is 11.8 Å². The molecule has 0 saturated heterocycles. The predicted octanol–water partition coefficient (Wildman–Crippen LogP) is 2.73. The highest BCUT2D eigenvalue weighted by molar-refractivity contribution is 8.00. The molecule has 25 heavy (non-hydrogen) atoms. The van der Waals surface area contributed by atoms with Crippen LogP contribution in [-0.4, -0.2) is 35.7 Å². The van der Waals surface area contributed by atoms with Crippen LogP contribution in [-0.2, 0) is 14.3 Å². The molecule has 134 valence electrons. The Hall–Kier alpha value is -2.02. The summed E-state index contributed by atoms with van der Waals surface area (Å²) < 4.78 is 4.93. The third-order valence-corrected chi connectivity index (χ3v) is 5.99. The van der Waals surface area contributed by atoms with E-state index < -0.39 is 11.5 Å². The molecule has 0 spiro atoms. The molecular formula is C18H22N2O4S.